The fraction of sp³-hybridized carbons (Fsp3) is 0.129. The van der Waals surface area contributed by atoms with Gasteiger partial charge in [-0.05, 0) is 79.1 Å². The van der Waals surface area contributed by atoms with Crippen LogP contribution >= 0.6 is 0 Å². The summed E-state index contributed by atoms with van der Waals surface area (Å²) in [6, 6.07) is 26.8. The van der Waals surface area contributed by atoms with Crippen LogP contribution in [0.1, 0.15) is 40.1 Å². The van der Waals surface area contributed by atoms with Crippen molar-refractivity contribution in [2.45, 2.75) is 19.4 Å². The highest BCUT2D eigenvalue weighted by Gasteiger charge is 2.24. The maximum atomic E-state index is 13.5. The zero-order valence-electron chi connectivity index (χ0n) is 21.3. The van der Waals surface area contributed by atoms with Crippen LogP contribution in [0.3, 0.4) is 0 Å². The van der Waals surface area contributed by atoms with Crippen molar-refractivity contribution < 1.29 is 14.0 Å². The van der Waals surface area contributed by atoms with Gasteiger partial charge in [-0.25, -0.2) is 8.91 Å². The number of nitrogens with zero attached hydrogens (tertiary/aromatic N) is 2. The molecule has 0 saturated carbocycles. The second-order valence-corrected chi connectivity index (χ2v) is 9.58. The first-order valence-electron chi connectivity index (χ1n) is 12.3. The van der Waals surface area contributed by atoms with Crippen molar-refractivity contribution in [3.8, 4) is 22.4 Å². The van der Waals surface area contributed by atoms with E-state index in [2.05, 4.69) is 15.7 Å². The molecule has 190 valence electrons. The van der Waals surface area contributed by atoms with Gasteiger partial charge in [-0.1, -0.05) is 42.5 Å². The van der Waals surface area contributed by atoms with Crippen LogP contribution in [-0.2, 0) is 5.54 Å². The first kappa shape index (κ1) is 24.9. The van der Waals surface area contributed by atoms with Crippen LogP contribution in [0.25, 0.3) is 27.9 Å². The van der Waals surface area contributed by atoms with Gasteiger partial charge < -0.3 is 10.6 Å². The van der Waals surface area contributed by atoms with E-state index >= 15 is 0 Å². The van der Waals surface area contributed by atoms with Crippen molar-refractivity contribution in [3.05, 3.63) is 120 Å². The van der Waals surface area contributed by atoms with E-state index in [1.54, 1.807) is 36.0 Å². The zero-order chi connectivity index (χ0) is 26.9. The molecule has 2 aromatic heterocycles. The molecule has 0 spiro atoms. The molecule has 2 amide bonds. The molecular weight excluding hydrogens is 479 g/mol. The van der Waals surface area contributed by atoms with E-state index in [0.29, 0.717) is 27.9 Å². The van der Waals surface area contributed by atoms with Gasteiger partial charge >= 0.3 is 0 Å². The van der Waals surface area contributed by atoms with Crippen molar-refractivity contribution in [2.24, 2.45) is 0 Å². The Morgan fingerprint density at radius 2 is 1.53 bits per heavy atom. The number of fused-ring (bicyclic) bond motifs is 1. The lowest BCUT2D eigenvalue weighted by molar-refractivity contribution is 0.0910. The molecule has 2 heterocycles. The number of benzene rings is 3. The van der Waals surface area contributed by atoms with Crippen molar-refractivity contribution in [1.82, 2.24) is 20.2 Å². The SMILES string of the molecule is CNC(=O)c1c(-c2ccc(F)cc2)nn2ccc(-c3cccc(C(=O)NC(C)(C)c4ccccc4)c3)cc12. The summed E-state index contributed by atoms with van der Waals surface area (Å²) in [5.41, 5.74) is 4.71. The summed E-state index contributed by atoms with van der Waals surface area (Å²) in [5.74, 6) is -0.846. The predicted molar refractivity (Wildman–Crippen MR) is 146 cm³/mol. The monoisotopic (exact) mass is 506 g/mol. The highest BCUT2D eigenvalue weighted by Crippen LogP contribution is 2.30. The van der Waals surface area contributed by atoms with Crippen LogP contribution in [0.4, 0.5) is 4.39 Å². The topological polar surface area (TPSA) is 75.5 Å². The molecule has 6 nitrogen and oxygen atoms in total. The highest BCUT2D eigenvalue weighted by molar-refractivity contribution is 6.06. The molecule has 0 saturated heterocycles. The van der Waals surface area contributed by atoms with Crippen LogP contribution in [0.2, 0.25) is 0 Å². The summed E-state index contributed by atoms with van der Waals surface area (Å²) in [4.78, 5) is 26.1. The van der Waals surface area contributed by atoms with Crippen molar-refractivity contribution in [3.63, 3.8) is 0 Å². The van der Waals surface area contributed by atoms with Crippen molar-refractivity contribution in [1.29, 1.82) is 0 Å². The summed E-state index contributed by atoms with van der Waals surface area (Å²) in [5, 5.41) is 10.4. The molecule has 2 N–H and O–H groups in total. The number of hydrogen-bond acceptors (Lipinski definition) is 3. The standard InChI is InChI=1S/C31H27FN4O2/c1-31(2,24-10-5-4-6-11-24)34-29(37)23-9-7-8-21(18-23)22-16-17-36-26(19-22)27(30(38)33-3)28(35-36)20-12-14-25(32)15-13-20/h4-19H,1-3H3,(H,33,38)(H,34,37). The van der Waals surface area contributed by atoms with Crippen molar-refractivity contribution in [2.75, 3.05) is 7.05 Å². The smallest absolute Gasteiger partial charge is 0.255 e. The van der Waals surface area contributed by atoms with Crippen LogP contribution in [0.15, 0.2) is 97.2 Å². The second kappa shape index (κ2) is 9.94. The number of nitrogens with one attached hydrogen (secondary N) is 2. The minimum absolute atomic E-state index is 0.184. The van der Waals surface area contributed by atoms with Gasteiger partial charge in [0.2, 0.25) is 0 Å². The van der Waals surface area contributed by atoms with E-state index in [9.17, 15) is 14.0 Å². The van der Waals surface area contributed by atoms with Gasteiger partial charge in [0.15, 0.2) is 0 Å². The molecule has 0 fully saturated rings. The maximum Gasteiger partial charge on any atom is 0.255 e. The van der Waals surface area contributed by atoms with Gasteiger partial charge in [-0.3, -0.25) is 9.59 Å². The van der Waals surface area contributed by atoms with Gasteiger partial charge in [-0.2, -0.15) is 5.10 Å². The third kappa shape index (κ3) is 4.78. The van der Waals surface area contributed by atoms with E-state index < -0.39 is 5.54 Å². The number of rotatable bonds is 6. The minimum atomic E-state index is -0.552. The van der Waals surface area contributed by atoms with Crippen LogP contribution < -0.4 is 10.6 Å². The summed E-state index contributed by atoms with van der Waals surface area (Å²) in [6.45, 7) is 3.94. The number of carbonyl (C=O) groups excluding carboxylic acids is 2. The van der Waals surface area contributed by atoms with E-state index in [4.69, 9.17) is 0 Å². The lowest BCUT2D eigenvalue weighted by Gasteiger charge is -2.27. The van der Waals surface area contributed by atoms with Crippen LogP contribution in [0.5, 0.6) is 0 Å². The molecule has 0 aliphatic heterocycles. The molecule has 38 heavy (non-hydrogen) atoms. The molecule has 5 aromatic rings. The van der Waals surface area contributed by atoms with Crippen LogP contribution in [0, 0.1) is 5.82 Å². The average molecular weight is 507 g/mol. The van der Waals surface area contributed by atoms with Gasteiger partial charge in [0, 0.05) is 24.4 Å². The van der Waals surface area contributed by atoms with Gasteiger partial charge in [-0.15, -0.1) is 0 Å². The van der Waals surface area contributed by atoms with Crippen LogP contribution in [-0.4, -0.2) is 28.5 Å². The normalized spacial score (nSPS) is 11.4. The third-order valence-electron chi connectivity index (χ3n) is 6.59. The number of pyridine rings is 1. The predicted octanol–water partition coefficient (Wildman–Crippen LogP) is 5.83. The number of hydrogen-bond donors (Lipinski definition) is 2. The molecule has 3 aromatic carbocycles. The van der Waals surface area contributed by atoms with E-state index in [0.717, 1.165) is 16.7 Å². The lowest BCUT2D eigenvalue weighted by Crippen LogP contribution is -2.40. The van der Waals surface area contributed by atoms with E-state index in [-0.39, 0.29) is 17.6 Å². The Labute approximate surface area is 220 Å². The fourth-order valence-electron chi connectivity index (χ4n) is 4.51. The fourth-order valence-corrected chi connectivity index (χ4v) is 4.51. The Kier molecular flexibility index (Phi) is 6.51. The summed E-state index contributed by atoms with van der Waals surface area (Å²) >= 11 is 0. The molecule has 0 radical (unpaired) electrons. The largest absolute Gasteiger partial charge is 0.355 e. The maximum absolute atomic E-state index is 13.5. The quantitative estimate of drug-likeness (QED) is 0.304. The Morgan fingerprint density at radius 1 is 0.816 bits per heavy atom. The summed E-state index contributed by atoms with van der Waals surface area (Å²) in [7, 11) is 1.56. The first-order valence-corrected chi connectivity index (χ1v) is 12.3. The molecule has 0 bridgehead atoms. The van der Waals surface area contributed by atoms with Gasteiger partial charge in [0.1, 0.15) is 11.5 Å². The molecule has 0 unspecified atom stereocenters. The third-order valence-corrected chi connectivity index (χ3v) is 6.59. The Morgan fingerprint density at radius 3 is 2.24 bits per heavy atom. The Bertz CT molecular complexity index is 1640. The van der Waals surface area contributed by atoms with Gasteiger partial charge in [0.05, 0.1) is 16.6 Å². The molecule has 0 atom stereocenters. The second-order valence-electron chi connectivity index (χ2n) is 9.58. The molecular formula is C31H27FN4O2. The molecule has 0 aliphatic carbocycles. The molecule has 7 heteroatoms. The number of carbonyl (C=O) groups is 2. The molecule has 5 rings (SSSR count). The number of halogens is 1. The molecule has 0 aliphatic rings. The lowest BCUT2D eigenvalue weighted by atomic mass is 9.93. The first-order chi connectivity index (χ1) is 18.3. The van der Waals surface area contributed by atoms with E-state index in [1.807, 2.05) is 74.5 Å². The van der Waals surface area contributed by atoms with Crippen molar-refractivity contribution >= 4 is 17.3 Å². The highest BCUT2D eigenvalue weighted by atomic mass is 19.1. The number of amides is 2. The zero-order valence-corrected chi connectivity index (χ0v) is 21.3. The number of aromatic nitrogens is 2. The van der Waals surface area contributed by atoms with E-state index in [1.165, 1.54) is 12.1 Å². The summed E-state index contributed by atoms with van der Waals surface area (Å²) in [6.07, 6.45) is 1.77. The Balaban J connectivity index is 1.52. The Hall–Kier alpha value is -4.78. The average Bonchev–Trinajstić information content (AvgIpc) is 3.32. The minimum Gasteiger partial charge on any atom is -0.355 e. The van der Waals surface area contributed by atoms with Gasteiger partial charge in [0.25, 0.3) is 11.8 Å². The summed E-state index contributed by atoms with van der Waals surface area (Å²) < 4.78 is 15.1.